The predicted octanol–water partition coefficient (Wildman–Crippen LogP) is 1.15. The normalized spacial score (nSPS) is 21.5. The second-order valence-electron chi connectivity index (χ2n) is 4.19. The van der Waals surface area contributed by atoms with Gasteiger partial charge in [-0.25, -0.2) is 4.79 Å². The highest BCUT2D eigenvalue weighted by Crippen LogP contribution is 2.27. The van der Waals surface area contributed by atoms with Gasteiger partial charge in [-0.2, -0.15) is 0 Å². The molecule has 0 aliphatic heterocycles. The van der Waals surface area contributed by atoms with E-state index >= 15 is 0 Å². The number of hydrogen-bond acceptors (Lipinski definition) is 3. The summed E-state index contributed by atoms with van der Waals surface area (Å²) < 4.78 is 0. The molecule has 0 bridgehead atoms. The fourth-order valence-electron chi connectivity index (χ4n) is 2.12. The third kappa shape index (κ3) is 4.82. The number of carboxylic acid groups (broad SMARTS) is 1. The molecular formula is C10H20ClNO3. The Morgan fingerprint density at radius 3 is 2.33 bits per heavy atom. The molecule has 4 nitrogen and oxygen atoms in total. The molecule has 4 N–H and O–H groups in total. The molecule has 0 heterocycles. The van der Waals surface area contributed by atoms with Gasteiger partial charge in [-0.3, -0.25) is 0 Å². The Kier molecular flexibility index (Phi) is 6.89. The van der Waals surface area contributed by atoms with Crippen LogP contribution >= 0.6 is 12.4 Å². The second-order valence-corrected chi connectivity index (χ2v) is 4.19. The van der Waals surface area contributed by atoms with E-state index in [4.69, 9.17) is 10.8 Å². The molecule has 5 heteroatoms. The molecule has 0 radical (unpaired) electrons. The first kappa shape index (κ1) is 14.7. The number of carbonyl (C=O) groups is 1. The molecule has 0 amide bonds. The van der Waals surface area contributed by atoms with Gasteiger partial charge >= 0.3 is 5.97 Å². The largest absolute Gasteiger partial charge is 0.479 e. The van der Waals surface area contributed by atoms with E-state index in [9.17, 15) is 9.90 Å². The van der Waals surface area contributed by atoms with Gasteiger partial charge in [0.15, 0.2) is 6.10 Å². The van der Waals surface area contributed by atoms with Crippen LogP contribution in [0.4, 0.5) is 0 Å². The molecule has 90 valence electrons. The Morgan fingerprint density at radius 2 is 1.87 bits per heavy atom. The van der Waals surface area contributed by atoms with Crippen molar-refractivity contribution in [2.45, 2.75) is 50.7 Å². The molecule has 0 aromatic rings. The number of aliphatic carboxylic acids is 1. The highest BCUT2D eigenvalue weighted by atomic mass is 35.5. The van der Waals surface area contributed by atoms with Gasteiger partial charge in [-0.15, -0.1) is 12.4 Å². The van der Waals surface area contributed by atoms with E-state index in [2.05, 4.69) is 0 Å². The molecule has 0 aromatic heterocycles. The Hall–Kier alpha value is -0.320. The molecule has 0 spiro atoms. The van der Waals surface area contributed by atoms with E-state index in [0.717, 1.165) is 12.8 Å². The van der Waals surface area contributed by atoms with E-state index < -0.39 is 18.1 Å². The van der Waals surface area contributed by atoms with Crippen LogP contribution in [0.5, 0.6) is 0 Å². The van der Waals surface area contributed by atoms with Crippen LogP contribution in [0.25, 0.3) is 0 Å². The van der Waals surface area contributed by atoms with E-state index in [-0.39, 0.29) is 12.4 Å². The maximum Gasteiger partial charge on any atom is 0.334 e. The number of nitrogens with two attached hydrogens (primary N) is 1. The predicted molar refractivity (Wildman–Crippen MR) is 60.1 cm³/mol. The summed E-state index contributed by atoms with van der Waals surface area (Å²) in [4.78, 5) is 10.5. The van der Waals surface area contributed by atoms with E-state index in [1.807, 2.05) is 0 Å². The lowest BCUT2D eigenvalue weighted by atomic mass is 9.84. The number of aliphatic hydroxyl groups excluding tert-OH is 1. The Labute approximate surface area is 96.3 Å². The lowest BCUT2D eigenvalue weighted by Crippen LogP contribution is -2.41. The van der Waals surface area contributed by atoms with Gasteiger partial charge in [0.05, 0.1) is 0 Å². The van der Waals surface area contributed by atoms with Crippen LogP contribution in [-0.2, 0) is 4.79 Å². The first-order valence-corrected chi connectivity index (χ1v) is 5.27. The fraction of sp³-hybridized carbons (Fsp3) is 0.900. The van der Waals surface area contributed by atoms with Gasteiger partial charge in [0, 0.05) is 6.04 Å². The van der Waals surface area contributed by atoms with Crippen molar-refractivity contribution in [2.75, 3.05) is 0 Å². The van der Waals surface area contributed by atoms with Gasteiger partial charge in [0.25, 0.3) is 0 Å². The molecule has 1 aliphatic rings. The minimum absolute atomic E-state index is 0. The van der Waals surface area contributed by atoms with Crippen LogP contribution in [0.2, 0.25) is 0 Å². The van der Waals surface area contributed by atoms with Gasteiger partial charge in [-0.05, 0) is 12.3 Å². The van der Waals surface area contributed by atoms with Crippen molar-refractivity contribution in [3.63, 3.8) is 0 Å². The van der Waals surface area contributed by atoms with E-state index in [1.165, 1.54) is 19.3 Å². The average molecular weight is 238 g/mol. The first-order chi connectivity index (χ1) is 6.61. The van der Waals surface area contributed by atoms with Gasteiger partial charge in [0.2, 0.25) is 0 Å². The molecule has 1 fully saturated rings. The zero-order chi connectivity index (χ0) is 10.6. The summed E-state index contributed by atoms with van der Waals surface area (Å²) in [7, 11) is 0. The quantitative estimate of drug-likeness (QED) is 0.685. The minimum Gasteiger partial charge on any atom is -0.479 e. The highest BCUT2D eigenvalue weighted by Gasteiger charge is 2.25. The number of rotatable bonds is 4. The summed E-state index contributed by atoms with van der Waals surface area (Å²) in [5, 5.41) is 17.8. The van der Waals surface area contributed by atoms with Crippen LogP contribution in [-0.4, -0.2) is 28.3 Å². The van der Waals surface area contributed by atoms with Crippen LogP contribution in [0.3, 0.4) is 0 Å². The number of hydrogen-bond donors (Lipinski definition) is 3. The Morgan fingerprint density at radius 1 is 1.33 bits per heavy atom. The van der Waals surface area contributed by atoms with E-state index in [1.54, 1.807) is 0 Å². The van der Waals surface area contributed by atoms with Crippen LogP contribution in [0.1, 0.15) is 38.5 Å². The molecule has 0 saturated heterocycles. The molecule has 0 aromatic carbocycles. The first-order valence-electron chi connectivity index (χ1n) is 5.27. The average Bonchev–Trinajstić information content (AvgIpc) is 2.18. The SMILES string of the molecule is Cl.NC(CC1CCCCC1)C(O)C(=O)O. The second kappa shape index (κ2) is 7.04. The molecule has 15 heavy (non-hydrogen) atoms. The lowest BCUT2D eigenvalue weighted by Gasteiger charge is -2.25. The summed E-state index contributed by atoms with van der Waals surface area (Å²) in [5.74, 6) is -0.707. The van der Waals surface area contributed by atoms with Crippen molar-refractivity contribution >= 4 is 18.4 Å². The molecule has 2 atom stereocenters. The van der Waals surface area contributed by atoms with Crippen molar-refractivity contribution in [1.82, 2.24) is 0 Å². The number of carboxylic acids is 1. The third-order valence-electron chi connectivity index (χ3n) is 2.99. The molecular weight excluding hydrogens is 218 g/mol. The topological polar surface area (TPSA) is 83.5 Å². The summed E-state index contributed by atoms with van der Waals surface area (Å²) in [5.41, 5.74) is 5.62. The lowest BCUT2D eigenvalue weighted by molar-refractivity contribution is -0.147. The van der Waals surface area contributed by atoms with Crippen LogP contribution in [0, 0.1) is 5.92 Å². The summed E-state index contributed by atoms with van der Waals surface area (Å²) >= 11 is 0. The van der Waals surface area contributed by atoms with Crippen LogP contribution in [0.15, 0.2) is 0 Å². The van der Waals surface area contributed by atoms with Gasteiger partial charge in [0.1, 0.15) is 0 Å². The van der Waals surface area contributed by atoms with E-state index in [0.29, 0.717) is 12.3 Å². The van der Waals surface area contributed by atoms with Gasteiger partial charge < -0.3 is 15.9 Å². The van der Waals surface area contributed by atoms with Crippen molar-refractivity contribution in [3.8, 4) is 0 Å². The monoisotopic (exact) mass is 237 g/mol. The standard InChI is InChI=1S/C10H19NO3.ClH/c11-8(9(12)10(13)14)6-7-4-2-1-3-5-7;/h7-9,12H,1-6,11H2,(H,13,14);1H. The highest BCUT2D eigenvalue weighted by molar-refractivity contribution is 5.85. The minimum atomic E-state index is -1.41. The summed E-state index contributed by atoms with van der Waals surface area (Å²) in [6, 6.07) is -0.615. The van der Waals surface area contributed by atoms with Crippen molar-refractivity contribution in [1.29, 1.82) is 0 Å². The summed E-state index contributed by atoms with van der Waals surface area (Å²) in [6.07, 6.45) is 5.17. The zero-order valence-corrected chi connectivity index (χ0v) is 9.58. The third-order valence-corrected chi connectivity index (χ3v) is 2.99. The maximum atomic E-state index is 10.5. The van der Waals surface area contributed by atoms with Crippen molar-refractivity contribution < 1.29 is 15.0 Å². The Balaban J connectivity index is 0.00000196. The number of halogens is 1. The maximum absolute atomic E-state index is 10.5. The smallest absolute Gasteiger partial charge is 0.334 e. The zero-order valence-electron chi connectivity index (χ0n) is 8.76. The molecule has 1 saturated carbocycles. The van der Waals surface area contributed by atoms with Crippen molar-refractivity contribution in [3.05, 3.63) is 0 Å². The molecule has 2 unspecified atom stereocenters. The number of aliphatic hydroxyl groups is 1. The van der Waals surface area contributed by atoms with Crippen LogP contribution < -0.4 is 5.73 Å². The van der Waals surface area contributed by atoms with Gasteiger partial charge in [-0.1, -0.05) is 32.1 Å². The summed E-state index contributed by atoms with van der Waals surface area (Å²) in [6.45, 7) is 0. The fourth-order valence-corrected chi connectivity index (χ4v) is 2.12. The van der Waals surface area contributed by atoms with Crippen molar-refractivity contribution in [2.24, 2.45) is 11.7 Å². The molecule has 1 rings (SSSR count). The molecule has 1 aliphatic carbocycles. The Bertz CT molecular complexity index is 195.